The molecular weight excluding hydrogens is 732 g/mol. The molecule has 10 nitrogen and oxygen atoms in total. The predicted molar refractivity (Wildman–Crippen MR) is 229 cm³/mol. The minimum absolute atomic E-state index is 0.186. The summed E-state index contributed by atoms with van der Waals surface area (Å²) >= 11 is 7.35. The smallest absolute Gasteiger partial charge is 0.291 e. The van der Waals surface area contributed by atoms with Crippen LogP contribution in [0.2, 0.25) is 5.02 Å². The molecule has 0 spiro atoms. The highest BCUT2D eigenvalue weighted by atomic mass is 35.5. The number of halogens is 1. The number of aromatic nitrogens is 4. The first-order chi connectivity index (χ1) is 27.7. The maximum Gasteiger partial charge on any atom is 0.291 e. The Morgan fingerprint density at radius 3 is 1.96 bits per heavy atom. The van der Waals surface area contributed by atoms with E-state index in [1.165, 1.54) is 24.2 Å². The van der Waals surface area contributed by atoms with E-state index in [0.717, 1.165) is 160 Å². The fourth-order valence-corrected chi connectivity index (χ4v) is 9.77. The lowest BCUT2D eigenvalue weighted by Crippen LogP contribution is -2.36. The number of carbonyl (C=O) groups excluding carboxylic acids is 2. The zero-order valence-electron chi connectivity index (χ0n) is 34.2. The minimum Gasteiger partial charge on any atom is -0.352 e. The fraction of sp³-hybridized carbons (Fsp3) is 0.522. The van der Waals surface area contributed by atoms with Gasteiger partial charge in [0.25, 0.3) is 5.91 Å². The highest BCUT2D eigenvalue weighted by Crippen LogP contribution is 2.40. The Balaban J connectivity index is 1.01. The monoisotopic (exact) mass is 790 g/mol. The lowest BCUT2D eigenvalue weighted by molar-refractivity contribution is -0.112. The van der Waals surface area contributed by atoms with Gasteiger partial charge in [0.15, 0.2) is 11.6 Å². The molecule has 302 valence electrons. The third-order valence-electron chi connectivity index (χ3n) is 12.8. The summed E-state index contributed by atoms with van der Waals surface area (Å²) in [5.74, 6) is 2.93. The highest BCUT2D eigenvalue weighted by Gasteiger charge is 2.31. The van der Waals surface area contributed by atoms with Gasteiger partial charge >= 0.3 is 0 Å². The van der Waals surface area contributed by atoms with Crippen LogP contribution in [0.3, 0.4) is 0 Å². The summed E-state index contributed by atoms with van der Waals surface area (Å²) in [6, 6.07) is 12.2. The first-order valence-corrected chi connectivity index (χ1v) is 21.8. The van der Waals surface area contributed by atoms with Crippen LogP contribution in [0.1, 0.15) is 110 Å². The summed E-state index contributed by atoms with van der Waals surface area (Å²) in [5.41, 5.74) is 10.2. The molecule has 1 amide bonds. The normalized spacial score (nSPS) is 20.3. The zero-order valence-corrected chi connectivity index (χ0v) is 35.0. The number of hydrogen-bond donors (Lipinski definition) is 2. The number of hydrogen-bond acceptors (Lipinski definition) is 7. The molecule has 0 atom stereocenters. The van der Waals surface area contributed by atoms with Crippen LogP contribution in [-0.2, 0) is 51.2 Å². The Morgan fingerprint density at radius 1 is 0.789 bits per heavy atom. The first-order valence-electron chi connectivity index (χ1n) is 21.4. The maximum absolute atomic E-state index is 13.9. The van der Waals surface area contributed by atoms with Gasteiger partial charge in [-0.25, -0.2) is 9.97 Å². The van der Waals surface area contributed by atoms with E-state index < -0.39 is 0 Å². The van der Waals surface area contributed by atoms with E-state index in [9.17, 15) is 9.59 Å². The molecule has 2 aliphatic carbocycles. The van der Waals surface area contributed by atoms with E-state index in [-0.39, 0.29) is 11.8 Å². The Kier molecular flexibility index (Phi) is 12.0. The Morgan fingerprint density at radius 2 is 1.37 bits per heavy atom. The van der Waals surface area contributed by atoms with Crippen molar-refractivity contribution < 1.29 is 9.59 Å². The van der Waals surface area contributed by atoms with Crippen molar-refractivity contribution in [3.05, 3.63) is 87.5 Å². The molecule has 2 aromatic heterocycles. The molecule has 2 saturated carbocycles. The summed E-state index contributed by atoms with van der Waals surface area (Å²) < 4.78 is 4.24. The Labute approximate surface area is 343 Å². The van der Waals surface area contributed by atoms with Gasteiger partial charge < -0.3 is 24.6 Å². The molecule has 2 aromatic carbocycles. The molecule has 0 radical (unpaired) electrons. The fourth-order valence-electron chi connectivity index (χ4n) is 9.50. The number of amides is 1. The van der Waals surface area contributed by atoms with Gasteiger partial charge in [-0.15, -0.1) is 0 Å². The molecule has 4 aliphatic rings. The SMILES string of the molecule is CC/C=C(/Nc1cccc(-c2cccc(NC(=O)c3nc4c(n3C)CCN(CC3CC3)C4)c2CCC)c1Cl)c1nc2c(n1C)CCN(CC1CCC(C=O)CC1)C2. The van der Waals surface area contributed by atoms with E-state index in [1.807, 2.05) is 35.9 Å². The predicted octanol–water partition coefficient (Wildman–Crippen LogP) is 8.67. The van der Waals surface area contributed by atoms with E-state index in [2.05, 4.69) is 64.1 Å². The summed E-state index contributed by atoms with van der Waals surface area (Å²) in [4.78, 5) is 40.4. The number of aldehydes is 1. The standard InChI is InChI=1S/C46H59ClN8O2/c1-5-9-34-33(11-7-13-36(34)51-46(57)45-50-40-28-55(25-30-15-16-30)24-22-42(40)53(45)4)35-12-8-14-37(43(35)47)48-38(10-6-2)44-49-39-27-54(23-21-41(39)52(44)3)26-31-17-19-32(29-56)20-18-31/h7-8,10-14,29-32,48H,5-6,9,15-28H2,1-4H3,(H,51,57)/b38-10+. The number of fused-ring (bicyclic) bond motifs is 2. The summed E-state index contributed by atoms with van der Waals surface area (Å²) in [6.45, 7) is 10.2. The molecule has 2 aliphatic heterocycles. The van der Waals surface area contributed by atoms with Crippen molar-refractivity contribution >= 4 is 40.9 Å². The van der Waals surface area contributed by atoms with Crippen molar-refractivity contribution in [2.45, 2.75) is 97.6 Å². The van der Waals surface area contributed by atoms with Crippen molar-refractivity contribution in [2.24, 2.45) is 31.8 Å². The number of rotatable bonds is 14. The van der Waals surface area contributed by atoms with Gasteiger partial charge in [0.1, 0.15) is 6.29 Å². The van der Waals surface area contributed by atoms with Crippen LogP contribution in [0.25, 0.3) is 16.8 Å². The number of carbonyl (C=O) groups is 2. The highest BCUT2D eigenvalue weighted by molar-refractivity contribution is 6.36. The van der Waals surface area contributed by atoms with Crippen molar-refractivity contribution in [3.8, 4) is 11.1 Å². The first kappa shape index (κ1) is 39.6. The largest absolute Gasteiger partial charge is 0.352 e. The molecule has 0 unspecified atom stereocenters. The van der Waals surface area contributed by atoms with Crippen LogP contribution in [0.5, 0.6) is 0 Å². The van der Waals surface area contributed by atoms with Gasteiger partial charge in [-0.1, -0.05) is 62.2 Å². The number of imidazole rings is 2. The van der Waals surface area contributed by atoms with Gasteiger partial charge in [-0.2, -0.15) is 0 Å². The molecule has 0 bridgehead atoms. The third kappa shape index (κ3) is 8.50. The second kappa shape index (κ2) is 17.3. The van der Waals surface area contributed by atoms with Crippen LogP contribution in [0, 0.1) is 17.8 Å². The second-order valence-corrected chi connectivity index (χ2v) is 17.3. The lowest BCUT2D eigenvalue weighted by Gasteiger charge is -2.33. The van der Waals surface area contributed by atoms with Gasteiger partial charge in [-0.3, -0.25) is 14.6 Å². The van der Waals surface area contributed by atoms with Crippen molar-refractivity contribution in [1.29, 1.82) is 0 Å². The topological polar surface area (TPSA) is 100 Å². The van der Waals surface area contributed by atoms with Crippen LogP contribution >= 0.6 is 11.6 Å². The van der Waals surface area contributed by atoms with Crippen molar-refractivity contribution in [3.63, 3.8) is 0 Å². The van der Waals surface area contributed by atoms with Gasteiger partial charge in [0.05, 0.1) is 27.8 Å². The van der Waals surface area contributed by atoms with Gasteiger partial charge in [0.2, 0.25) is 0 Å². The van der Waals surface area contributed by atoms with Crippen LogP contribution in [-0.4, -0.2) is 67.3 Å². The van der Waals surface area contributed by atoms with Gasteiger partial charge in [-0.05, 0) is 86.5 Å². The molecule has 4 heterocycles. The number of nitrogens with one attached hydrogen (secondary N) is 2. The van der Waals surface area contributed by atoms with Crippen molar-refractivity contribution in [2.75, 3.05) is 36.8 Å². The average Bonchev–Trinajstić information content (AvgIpc) is 3.89. The average molecular weight is 791 g/mol. The van der Waals surface area contributed by atoms with Gasteiger partial charge in [0, 0.05) is 94.8 Å². The summed E-state index contributed by atoms with van der Waals surface area (Å²) in [7, 11) is 4.10. The molecule has 8 rings (SSSR count). The van der Waals surface area contributed by atoms with E-state index in [0.29, 0.717) is 16.8 Å². The number of anilines is 2. The number of benzene rings is 2. The summed E-state index contributed by atoms with van der Waals surface area (Å²) in [5, 5.41) is 7.58. The zero-order chi connectivity index (χ0) is 39.6. The van der Waals surface area contributed by atoms with E-state index in [1.54, 1.807) is 0 Å². The third-order valence-corrected chi connectivity index (χ3v) is 13.2. The van der Waals surface area contributed by atoms with E-state index in [4.69, 9.17) is 21.6 Å². The minimum atomic E-state index is -0.186. The van der Waals surface area contributed by atoms with Crippen molar-refractivity contribution in [1.82, 2.24) is 28.9 Å². The van der Waals surface area contributed by atoms with Crippen LogP contribution < -0.4 is 10.6 Å². The summed E-state index contributed by atoms with van der Waals surface area (Å²) in [6.07, 6.45) is 14.7. The molecule has 2 N–H and O–H groups in total. The Bertz CT molecular complexity index is 2140. The molecule has 4 aromatic rings. The Hall–Kier alpha value is -4.25. The lowest BCUT2D eigenvalue weighted by atomic mass is 9.82. The molecule has 2 fully saturated rings. The number of allylic oxidation sites excluding steroid dienone is 1. The number of nitrogens with zero attached hydrogens (tertiary/aromatic N) is 6. The maximum atomic E-state index is 13.9. The molecule has 57 heavy (non-hydrogen) atoms. The van der Waals surface area contributed by atoms with Crippen LogP contribution in [0.4, 0.5) is 11.4 Å². The van der Waals surface area contributed by atoms with Crippen LogP contribution in [0.15, 0.2) is 42.5 Å². The molecular formula is C46H59ClN8O2. The quantitative estimate of drug-likeness (QED) is 0.123. The molecule has 11 heteroatoms. The van der Waals surface area contributed by atoms with E-state index >= 15 is 0 Å². The second-order valence-electron chi connectivity index (χ2n) is 17.0. The molecule has 0 saturated heterocycles.